The van der Waals surface area contributed by atoms with Crippen molar-refractivity contribution in [2.45, 2.75) is 31.1 Å². The molecule has 9 heteroatoms. The third kappa shape index (κ3) is 7.44. The van der Waals surface area contributed by atoms with E-state index in [4.69, 9.17) is 11.6 Å². The zero-order chi connectivity index (χ0) is 26.3. The molecule has 37 heavy (non-hydrogen) atoms. The number of rotatable bonds is 11. The van der Waals surface area contributed by atoms with Gasteiger partial charge in [-0.1, -0.05) is 41.4 Å². The highest BCUT2D eigenvalue weighted by molar-refractivity contribution is 7.92. The summed E-state index contributed by atoms with van der Waals surface area (Å²) in [5, 5.41) is 7.97. The number of hydrogen-bond donors (Lipinski definition) is 3. The van der Waals surface area contributed by atoms with E-state index in [1.165, 1.54) is 0 Å². The van der Waals surface area contributed by atoms with Gasteiger partial charge in [-0.25, -0.2) is 8.42 Å². The Morgan fingerprint density at radius 1 is 0.946 bits per heavy atom. The van der Waals surface area contributed by atoms with Crippen molar-refractivity contribution in [3.63, 3.8) is 0 Å². The normalized spacial score (nSPS) is 11.3. The van der Waals surface area contributed by atoms with Gasteiger partial charge in [0, 0.05) is 47.5 Å². The number of sulfonamides is 1. The van der Waals surface area contributed by atoms with Gasteiger partial charge in [0.25, 0.3) is 10.0 Å². The quantitative estimate of drug-likeness (QED) is 0.218. The highest BCUT2D eigenvalue weighted by Crippen LogP contribution is 2.24. The molecule has 0 spiro atoms. The maximum Gasteiger partial charge on any atom is 0.261 e. The van der Waals surface area contributed by atoms with E-state index in [0.717, 1.165) is 34.1 Å². The lowest BCUT2D eigenvalue weighted by Crippen LogP contribution is -2.26. The summed E-state index contributed by atoms with van der Waals surface area (Å²) in [5.74, 6) is -0.0401. The van der Waals surface area contributed by atoms with Crippen molar-refractivity contribution in [1.82, 2.24) is 10.3 Å². The van der Waals surface area contributed by atoms with E-state index in [1.807, 2.05) is 43.3 Å². The highest BCUT2D eigenvalue weighted by Gasteiger charge is 2.14. The molecule has 0 radical (unpaired) electrons. The molecule has 4 rings (SSSR count). The Kier molecular flexibility index (Phi) is 8.63. The first-order chi connectivity index (χ1) is 17.8. The van der Waals surface area contributed by atoms with Gasteiger partial charge in [-0.15, -0.1) is 0 Å². The van der Waals surface area contributed by atoms with Crippen molar-refractivity contribution in [3.05, 3.63) is 95.1 Å². The fraction of sp³-hybridized carbons (Fsp3) is 0.214. The molecule has 0 saturated heterocycles. The molecule has 1 amide bonds. The molecule has 192 valence electrons. The first kappa shape index (κ1) is 26.4. The summed E-state index contributed by atoms with van der Waals surface area (Å²) in [7, 11) is -3.67. The smallest absolute Gasteiger partial charge is 0.261 e. The van der Waals surface area contributed by atoms with Crippen LogP contribution in [-0.4, -0.2) is 32.4 Å². The Hall–Kier alpha value is -3.62. The first-order valence-corrected chi connectivity index (χ1v) is 13.9. The van der Waals surface area contributed by atoms with Gasteiger partial charge >= 0.3 is 0 Å². The largest absolute Gasteiger partial charge is 0.384 e. The van der Waals surface area contributed by atoms with Crippen LogP contribution in [-0.2, 0) is 21.2 Å². The number of carbonyl (C=O) groups is 1. The second kappa shape index (κ2) is 12.1. The van der Waals surface area contributed by atoms with E-state index >= 15 is 0 Å². The predicted molar refractivity (Wildman–Crippen MR) is 150 cm³/mol. The Balaban J connectivity index is 1.18. The summed E-state index contributed by atoms with van der Waals surface area (Å²) >= 11 is 6.04. The lowest BCUT2D eigenvalue weighted by molar-refractivity contribution is -0.121. The van der Waals surface area contributed by atoms with Crippen LogP contribution < -0.4 is 15.4 Å². The van der Waals surface area contributed by atoms with Crippen LogP contribution in [0.1, 0.15) is 24.0 Å². The number of aryl methyl sites for hydroxylation is 2. The van der Waals surface area contributed by atoms with Crippen LogP contribution in [0.15, 0.2) is 83.9 Å². The molecule has 0 saturated carbocycles. The summed E-state index contributed by atoms with van der Waals surface area (Å²) in [5.41, 5.74) is 4.28. The molecule has 1 aromatic heterocycles. The van der Waals surface area contributed by atoms with Crippen molar-refractivity contribution >= 4 is 49.8 Å². The zero-order valence-corrected chi connectivity index (χ0v) is 22.1. The van der Waals surface area contributed by atoms with Crippen LogP contribution in [0, 0.1) is 6.92 Å². The molecule has 3 N–H and O–H groups in total. The molecule has 1 heterocycles. The number of amides is 1. The molecule has 0 aliphatic rings. The number of fused-ring (bicyclic) bond motifs is 1. The minimum atomic E-state index is -3.67. The lowest BCUT2D eigenvalue weighted by Gasteiger charge is -2.10. The molecule has 0 aliphatic carbocycles. The van der Waals surface area contributed by atoms with Crippen LogP contribution in [0.2, 0.25) is 5.02 Å². The average Bonchev–Trinajstić information content (AvgIpc) is 2.88. The van der Waals surface area contributed by atoms with Crippen molar-refractivity contribution in [1.29, 1.82) is 0 Å². The van der Waals surface area contributed by atoms with Gasteiger partial charge < -0.3 is 10.6 Å². The van der Waals surface area contributed by atoms with Crippen LogP contribution in [0.4, 0.5) is 11.4 Å². The molecule has 4 aromatic rings. The van der Waals surface area contributed by atoms with Gasteiger partial charge in [-0.2, -0.15) is 0 Å². The van der Waals surface area contributed by atoms with Crippen LogP contribution in [0.3, 0.4) is 0 Å². The van der Waals surface area contributed by atoms with E-state index in [9.17, 15) is 13.2 Å². The van der Waals surface area contributed by atoms with Gasteiger partial charge in [0.05, 0.1) is 10.4 Å². The monoisotopic (exact) mass is 536 g/mol. The maximum absolute atomic E-state index is 12.6. The molecule has 0 unspecified atom stereocenters. The number of carbonyl (C=O) groups excluding carboxylic acids is 1. The SMILES string of the molecule is Cc1ccc(NS(=O)(=O)c2ccc(CCC(=O)NCCCNc3ccnc4cc(Cl)ccc34)cc2)cc1. The van der Waals surface area contributed by atoms with Crippen molar-refractivity contribution in [2.24, 2.45) is 0 Å². The molecule has 0 aliphatic heterocycles. The topological polar surface area (TPSA) is 100 Å². The number of pyridine rings is 1. The summed E-state index contributed by atoms with van der Waals surface area (Å²) in [6.07, 6.45) is 3.37. The van der Waals surface area contributed by atoms with Gasteiger partial charge in [0.1, 0.15) is 0 Å². The van der Waals surface area contributed by atoms with Crippen LogP contribution in [0.25, 0.3) is 10.9 Å². The molecule has 7 nitrogen and oxygen atoms in total. The Morgan fingerprint density at radius 2 is 1.70 bits per heavy atom. The minimum absolute atomic E-state index is 0.0401. The Morgan fingerprint density at radius 3 is 2.46 bits per heavy atom. The average molecular weight is 537 g/mol. The number of aromatic nitrogens is 1. The lowest BCUT2D eigenvalue weighted by atomic mass is 10.1. The van der Waals surface area contributed by atoms with Crippen molar-refractivity contribution in [2.75, 3.05) is 23.1 Å². The molecule has 0 bridgehead atoms. The summed E-state index contributed by atoms with van der Waals surface area (Å²) in [6.45, 7) is 3.20. The number of halogens is 1. The van der Waals surface area contributed by atoms with Crippen molar-refractivity contribution in [3.8, 4) is 0 Å². The fourth-order valence-corrected chi connectivity index (χ4v) is 5.06. The van der Waals surface area contributed by atoms with Crippen LogP contribution in [0.5, 0.6) is 0 Å². The van der Waals surface area contributed by atoms with Gasteiger partial charge in [0.2, 0.25) is 5.91 Å². The van der Waals surface area contributed by atoms with E-state index in [-0.39, 0.29) is 10.8 Å². The zero-order valence-electron chi connectivity index (χ0n) is 20.5. The Labute approximate surface area is 222 Å². The van der Waals surface area contributed by atoms with Crippen LogP contribution >= 0.6 is 11.6 Å². The molecular formula is C28H29ClN4O3S. The molecule has 0 atom stereocenters. The molecular weight excluding hydrogens is 508 g/mol. The standard InChI is InChI=1S/C28H29ClN4O3S/c1-20-3-9-23(10-4-20)33-37(35,36)24-11-5-21(6-12-24)7-14-28(34)32-17-2-16-30-26-15-18-31-27-19-22(29)8-13-25(26)27/h3-6,8-13,15,18-19,33H,2,7,14,16-17H2,1H3,(H,30,31)(H,32,34). The number of nitrogens with one attached hydrogen (secondary N) is 3. The fourth-order valence-electron chi connectivity index (χ4n) is 3.83. The van der Waals surface area contributed by atoms with Gasteiger partial charge in [-0.3, -0.25) is 14.5 Å². The minimum Gasteiger partial charge on any atom is -0.384 e. The summed E-state index contributed by atoms with van der Waals surface area (Å²) in [4.78, 5) is 16.8. The second-order valence-corrected chi connectivity index (χ2v) is 10.9. The van der Waals surface area contributed by atoms with E-state index < -0.39 is 10.0 Å². The maximum atomic E-state index is 12.6. The van der Waals surface area contributed by atoms with E-state index in [0.29, 0.717) is 36.6 Å². The summed E-state index contributed by atoms with van der Waals surface area (Å²) < 4.78 is 27.8. The number of hydrogen-bond acceptors (Lipinski definition) is 5. The summed E-state index contributed by atoms with van der Waals surface area (Å²) in [6, 6.07) is 21.3. The molecule has 0 fully saturated rings. The van der Waals surface area contributed by atoms with E-state index in [1.54, 1.807) is 42.6 Å². The molecule has 3 aromatic carbocycles. The first-order valence-electron chi connectivity index (χ1n) is 12.0. The third-order valence-electron chi connectivity index (χ3n) is 5.87. The van der Waals surface area contributed by atoms with Crippen molar-refractivity contribution < 1.29 is 13.2 Å². The van der Waals surface area contributed by atoms with E-state index in [2.05, 4.69) is 20.3 Å². The third-order valence-corrected chi connectivity index (χ3v) is 7.51. The van der Waals surface area contributed by atoms with Gasteiger partial charge in [0.15, 0.2) is 0 Å². The predicted octanol–water partition coefficient (Wildman–Crippen LogP) is 5.55. The number of anilines is 2. The second-order valence-electron chi connectivity index (χ2n) is 8.77. The Bertz CT molecular complexity index is 1470. The number of benzene rings is 3. The number of nitrogens with zero attached hydrogens (tertiary/aromatic N) is 1. The highest BCUT2D eigenvalue weighted by atomic mass is 35.5. The van der Waals surface area contributed by atoms with Gasteiger partial charge in [-0.05, 0) is 73.9 Å².